The molecule has 28 heavy (non-hydrogen) atoms. The average Bonchev–Trinajstić information content (AvgIpc) is 3.37. The lowest BCUT2D eigenvalue weighted by molar-refractivity contribution is 0.0454. The summed E-state index contributed by atoms with van der Waals surface area (Å²) in [6.45, 7) is 1.90. The normalized spacial score (nSPS) is 10.8. The van der Waals surface area contributed by atoms with E-state index in [4.69, 9.17) is 20.9 Å². The SMILES string of the molecule is Cc1ccc(-c2nc(C(=O)OCc3noc(-c4ccccc4Cl)n3)cs2)cc1. The molecule has 0 unspecified atom stereocenters. The number of hydrogen-bond acceptors (Lipinski definition) is 7. The molecular formula is C20H14ClN3O3S. The molecule has 0 saturated carbocycles. The van der Waals surface area contributed by atoms with Crippen molar-refractivity contribution in [2.45, 2.75) is 13.5 Å². The van der Waals surface area contributed by atoms with Crippen LogP contribution in [0.2, 0.25) is 5.02 Å². The van der Waals surface area contributed by atoms with Crippen molar-refractivity contribution >= 4 is 28.9 Å². The second kappa shape index (κ2) is 7.92. The Balaban J connectivity index is 1.41. The molecule has 0 fully saturated rings. The highest BCUT2D eigenvalue weighted by molar-refractivity contribution is 7.13. The van der Waals surface area contributed by atoms with E-state index < -0.39 is 5.97 Å². The van der Waals surface area contributed by atoms with Crippen LogP contribution < -0.4 is 0 Å². The second-order valence-electron chi connectivity index (χ2n) is 5.98. The van der Waals surface area contributed by atoms with E-state index in [0.29, 0.717) is 10.6 Å². The molecule has 8 heteroatoms. The Kier molecular flexibility index (Phi) is 5.18. The summed E-state index contributed by atoms with van der Waals surface area (Å²) in [4.78, 5) is 20.8. The van der Waals surface area contributed by atoms with Gasteiger partial charge in [0.15, 0.2) is 12.3 Å². The first-order valence-electron chi connectivity index (χ1n) is 8.37. The molecule has 0 aliphatic carbocycles. The van der Waals surface area contributed by atoms with Crippen LogP contribution in [0.4, 0.5) is 0 Å². The number of aryl methyl sites for hydroxylation is 1. The number of aromatic nitrogens is 3. The smallest absolute Gasteiger partial charge is 0.358 e. The molecule has 0 spiro atoms. The Morgan fingerprint density at radius 2 is 1.93 bits per heavy atom. The Labute approximate surface area is 169 Å². The number of carbonyl (C=O) groups is 1. The minimum Gasteiger partial charge on any atom is -0.453 e. The van der Waals surface area contributed by atoms with Crippen LogP contribution in [0.15, 0.2) is 58.4 Å². The summed E-state index contributed by atoms with van der Waals surface area (Å²) < 4.78 is 10.4. The van der Waals surface area contributed by atoms with E-state index in [-0.39, 0.29) is 24.0 Å². The monoisotopic (exact) mass is 411 g/mol. The Bertz CT molecular complexity index is 1120. The van der Waals surface area contributed by atoms with Gasteiger partial charge in [0.1, 0.15) is 5.01 Å². The van der Waals surface area contributed by atoms with E-state index in [0.717, 1.165) is 16.1 Å². The molecule has 0 N–H and O–H groups in total. The number of rotatable bonds is 5. The van der Waals surface area contributed by atoms with Gasteiger partial charge in [0, 0.05) is 10.9 Å². The highest BCUT2D eigenvalue weighted by Gasteiger charge is 2.16. The van der Waals surface area contributed by atoms with E-state index in [2.05, 4.69) is 15.1 Å². The molecular weight excluding hydrogens is 398 g/mol. The van der Waals surface area contributed by atoms with Crippen LogP contribution in [0, 0.1) is 6.92 Å². The minimum atomic E-state index is -0.543. The molecule has 0 amide bonds. The molecule has 140 valence electrons. The third kappa shape index (κ3) is 3.95. The van der Waals surface area contributed by atoms with Gasteiger partial charge in [0.25, 0.3) is 5.89 Å². The van der Waals surface area contributed by atoms with Crippen molar-refractivity contribution in [3.8, 4) is 22.0 Å². The summed E-state index contributed by atoms with van der Waals surface area (Å²) in [5, 5.41) is 6.75. The first-order chi connectivity index (χ1) is 13.6. The summed E-state index contributed by atoms with van der Waals surface area (Å²) >= 11 is 7.50. The zero-order chi connectivity index (χ0) is 19.5. The summed E-state index contributed by atoms with van der Waals surface area (Å²) in [7, 11) is 0. The summed E-state index contributed by atoms with van der Waals surface area (Å²) in [5.74, 6) is -0.0251. The van der Waals surface area contributed by atoms with Crippen molar-refractivity contribution in [3.05, 3.63) is 76.0 Å². The lowest BCUT2D eigenvalue weighted by atomic mass is 10.2. The maximum atomic E-state index is 12.3. The van der Waals surface area contributed by atoms with E-state index in [1.165, 1.54) is 11.3 Å². The van der Waals surface area contributed by atoms with Gasteiger partial charge in [-0.3, -0.25) is 0 Å². The number of carbonyl (C=O) groups excluding carboxylic acids is 1. The summed E-state index contributed by atoms with van der Waals surface area (Å²) in [5.41, 5.74) is 2.99. The van der Waals surface area contributed by atoms with Gasteiger partial charge < -0.3 is 9.26 Å². The summed E-state index contributed by atoms with van der Waals surface area (Å²) in [6, 6.07) is 15.1. The van der Waals surface area contributed by atoms with Crippen LogP contribution in [0.25, 0.3) is 22.0 Å². The molecule has 0 atom stereocenters. The number of ether oxygens (including phenoxy) is 1. The zero-order valence-corrected chi connectivity index (χ0v) is 16.3. The molecule has 0 bridgehead atoms. The van der Waals surface area contributed by atoms with Crippen molar-refractivity contribution in [2.24, 2.45) is 0 Å². The standard InChI is InChI=1S/C20H14ClN3O3S/c1-12-6-8-13(9-7-12)19-22-16(11-28-19)20(25)26-10-17-23-18(27-24-17)14-4-2-3-5-15(14)21/h2-9,11H,10H2,1H3. The minimum absolute atomic E-state index is 0.121. The number of thiazole rings is 1. The van der Waals surface area contributed by atoms with Crippen molar-refractivity contribution in [3.63, 3.8) is 0 Å². The Hall–Kier alpha value is -3.03. The topological polar surface area (TPSA) is 78.1 Å². The fourth-order valence-electron chi connectivity index (χ4n) is 2.46. The number of halogens is 1. The van der Waals surface area contributed by atoms with Gasteiger partial charge in [0.05, 0.1) is 10.6 Å². The van der Waals surface area contributed by atoms with Crippen LogP contribution in [-0.2, 0) is 11.3 Å². The molecule has 6 nitrogen and oxygen atoms in total. The van der Waals surface area contributed by atoms with Gasteiger partial charge >= 0.3 is 5.97 Å². The van der Waals surface area contributed by atoms with Gasteiger partial charge in [-0.1, -0.05) is 58.7 Å². The maximum absolute atomic E-state index is 12.3. The molecule has 0 radical (unpaired) electrons. The third-order valence-electron chi connectivity index (χ3n) is 3.92. The average molecular weight is 412 g/mol. The van der Waals surface area contributed by atoms with Crippen LogP contribution in [0.1, 0.15) is 21.9 Å². The zero-order valence-electron chi connectivity index (χ0n) is 14.8. The van der Waals surface area contributed by atoms with Crippen molar-refractivity contribution < 1.29 is 14.1 Å². The van der Waals surface area contributed by atoms with Crippen molar-refractivity contribution in [2.75, 3.05) is 0 Å². The van der Waals surface area contributed by atoms with Crippen LogP contribution in [0.3, 0.4) is 0 Å². The number of benzene rings is 2. The molecule has 4 aromatic rings. The molecule has 0 aliphatic heterocycles. The molecule has 0 aliphatic rings. The molecule has 4 rings (SSSR count). The third-order valence-corrected chi connectivity index (χ3v) is 5.14. The maximum Gasteiger partial charge on any atom is 0.358 e. The predicted octanol–water partition coefficient (Wildman–Crippen LogP) is 5.18. The van der Waals surface area contributed by atoms with Gasteiger partial charge in [-0.15, -0.1) is 11.3 Å². The Morgan fingerprint density at radius 3 is 2.71 bits per heavy atom. The lowest BCUT2D eigenvalue weighted by Crippen LogP contribution is -2.06. The molecule has 2 aromatic carbocycles. The highest BCUT2D eigenvalue weighted by atomic mass is 35.5. The fraction of sp³-hybridized carbons (Fsp3) is 0.100. The lowest BCUT2D eigenvalue weighted by Gasteiger charge is -1.99. The van der Waals surface area contributed by atoms with Crippen LogP contribution >= 0.6 is 22.9 Å². The van der Waals surface area contributed by atoms with E-state index in [1.54, 1.807) is 17.5 Å². The van der Waals surface area contributed by atoms with Crippen LogP contribution in [0.5, 0.6) is 0 Å². The fourth-order valence-corrected chi connectivity index (χ4v) is 3.47. The first-order valence-corrected chi connectivity index (χ1v) is 9.63. The van der Waals surface area contributed by atoms with Crippen molar-refractivity contribution in [1.29, 1.82) is 0 Å². The number of esters is 1. The van der Waals surface area contributed by atoms with E-state index >= 15 is 0 Å². The summed E-state index contributed by atoms with van der Waals surface area (Å²) in [6.07, 6.45) is 0. The molecule has 0 saturated heterocycles. The first kappa shape index (κ1) is 18.3. The number of nitrogens with zero attached hydrogens (tertiary/aromatic N) is 3. The van der Waals surface area contributed by atoms with Gasteiger partial charge in [-0.25, -0.2) is 9.78 Å². The largest absolute Gasteiger partial charge is 0.453 e. The highest BCUT2D eigenvalue weighted by Crippen LogP contribution is 2.26. The molecule has 2 aromatic heterocycles. The van der Waals surface area contributed by atoms with Crippen LogP contribution in [-0.4, -0.2) is 21.1 Å². The van der Waals surface area contributed by atoms with Gasteiger partial charge in [-0.05, 0) is 19.1 Å². The molecule has 2 heterocycles. The van der Waals surface area contributed by atoms with E-state index in [9.17, 15) is 4.79 Å². The Morgan fingerprint density at radius 1 is 1.14 bits per heavy atom. The van der Waals surface area contributed by atoms with E-state index in [1.807, 2.05) is 43.3 Å². The van der Waals surface area contributed by atoms with Crippen molar-refractivity contribution in [1.82, 2.24) is 15.1 Å². The quantitative estimate of drug-likeness (QED) is 0.421. The van der Waals surface area contributed by atoms with Gasteiger partial charge in [-0.2, -0.15) is 4.98 Å². The predicted molar refractivity (Wildman–Crippen MR) is 106 cm³/mol. The second-order valence-corrected chi connectivity index (χ2v) is 7.24. The van der Waals surface area contributed by atoms with Gasteiger partial charge in [0.2, 0.25) is 5.82 Å². The number of hydrogen-bond donors (Lipinski definition) is 0.